The number of amides is 1. The molecule has 166 valence electrons. The van der Waals surface area contributed by atoms with Crippen LogP contribution in [0.15, 0.2) is 48.5 Å². The predicted octanol–water partition coefficient (Wildman–Crippen LogP) is 4.61. The first kappa shape index (κ1) is 22.0. The van der Waals surface area contributed by atoms with E-state index in [4.69, 9.17) is 16.3 Å². The molecule has 0 bridgehead atoms. The van der Waals surface area contributed by atoms with Crippen LogP contribution in [0.3, 0.4) is 0 Å². The summed E-state index contributed by atoms with van der Waals surface area (Å²) in [7, 11) is 0. The lowest BCUT2D eigenvalue weighted by atomic mass is 9.93. The Bertz CT molecular complexity index is 886. The molecule has 0 N–H and O–H groups in total. The normalized spacial score (nSPS) is 20.1. The molecule has 2 fully saturated rings. The molecule has 0 aliphatic carbocycles. The molecule has 2 aliphatic rings. The summed E-state index contributed by atoms with van der Waals surface area (Å²) in [6, 6.07) is 16.9. The van der Waals surface area contributed by atoms with Gasteiger partial charge in [0.25, 0.3) is 0 Å². The Labute approximate surface area is 190 Å². The number of hydrogen-bond donors (Lipinski definition) is 0. The third kappa shape index (κ3) is 4.99. The van der Waals surface area contributed by atoms with E-state index < -0.39 is 0 Å². The average Bonchev–Trinajstić information content (AvgIpc) is 2.79. The van der Waals surface area contributed by atoms with Crippen molar-refractivity contribution in [3.8, 4) is 0 Å². The van der Waals surface area contributed by atoms with E-state index in [9.17, 15) is 4.79 Å². The summed E-state index contributed by atoms with van der Waals surface area (Å²) in [5, 5.41) is 0.733. The molecule has 5 nitrogen and oxygen atoms in total. The molecule has 31 heavy (non-hydrogen) atoms. The summed E-state index contributed by atoms with van der Waals surface area (Å²) in [5.41, 5.74) is 3.20. The summed E-state index contributed by atoms with van der Waals surface area (Å²) < 4.78 is 5.48. The van der Waals surface area contributed by atoms with E-state index in [1.807, 2.05) is 37.8 Å². The van der Waals surface area contributed by atoms with Gasteiger partial charge in [0.2, 0.25) is 5.91 Å². The van der Waals surface area contributed by atoms with Crippen molar-refractivity contribution in [2.75, 3.05) is 55.7 Å². The first-order chi connectivity index (χ1) is 14.8. The fourth-order valence-electron chi connectivity index (χ4n) is 4.40. The van der Waals surface area contributed by atoms with Crippen molar-refractivity contribution in [2.24, 2.45) is 5.41 Å². The van der Waals surface area contributed by atoms with Crippen LogP contribution in [0.1, 0.15) is 32.4 Å². The molecular weight excluding hydrogens is 410 g/mol. The lowest BCUT2D eigenvalue weighted by Crippen LogP contribution is -2.53. The van der Waals surface area contributed by atoms with E-state index in [1.165, 1.54) is 11.3 Å². The van der Waals surface area contributed by atoms with Crippen molar-refractivity contribution in [1.82, 2.24) is 4.90 Å². The van der Waals surface area contributed by atoms with Crippen LogP contribution in [0, 0.1) is 5.41 Å². The maximum absolute atomic E-state index is 13.0. The SMILES string of the molecule is CC(C)(C)C(=O)N1CCN(c2ccc(Cl)cc2)[C@H](c2ccc(N3CCOCC3)cc2)C1. The third-order valence-corrected chi connectivity index (χ3v) is 6.37. The fraction of sp³-hybridized carbons (Fsp3) is 0.480. The van der Waals surface area contributed by atoms with Crippen molar-refractivity contribution in [1.29, 1.82) is 0 Å². The second-order valence-corrected chi connectivity index (χ2v) is 9.81. The lowest BCUT2D eigenvalue weighted by molar-refractivity contribution is -0.140. The first-order valence-electron chi connectivity index (χ1n) is 11.1. The summed E-state index contributed by atoms with van der Waals surface area (Å²) in [6.07, 6.45) is 0. The van der Waals surface area contributed by atoms with Crippen LogP contribution >= 0.6 is 11.6 Å². The average molecular weight is 442 g/mol. The molecule has 0 saturated carbocycles. The van der Waals surface area contributed by atoms with E-state index in [0.29, 0.717) is 6.54 Å². The summed E-state index contributed by atoms with van der Waals surface area (Å²) in [5.74, 6) is 0.207. The fourth-order valence-corrected chi connectivity index (χ4v) is 4.52. The Morgan fingerprint density at radius 1 is 0.903 bits per heavy atom. The zero-order valence-corrected chi connectivity index (χ0v) is 19.4. The number of nitrogens with zero attached hydrogens (tertiary/aromatic N) is 3. The lowest BCUT2D eigenvalue weighted by Gasteiger charge is -2.44. The highest BCUT2D eigenvalue weighted by Crippen LogP contribution is 2.34. The largest absolute Gasteiger partial charge is 0.378 e. The third-order valence-electron chi connectivity index (χ3n) is 6.12. The minimum atomic E-state index is -0.382. The van der Waals surface area contributed by atoms with Gasteiger partial charge in [-0.05, 0) is 42.0 Å². The Balaban J connectivity index is 1.61. The Hall–Kier alpha value is -2.24. The van der Waals surface area contributed by atoms with Crippen LogP contribution in [-0.2, 0) is 9.53 Å². The molecule has 0 spiro atoms. The smallest absolute Gasteiger partial charge is 0.228 e. The molecule has 2 aliphatic heterocycles. The molecule has 1 amide bonds. The Kier molecular flexibility index (Phi) is 6.44. The van der Waals surface area contributed by atoms with E-state index in [-0.39, 0.29) is 17.4 Å². The van der Waals surface area contributed by atoms with Gasteiger partial charge in [0.1, 0.15) is 0 Å². The first-order valence-corrected chi connectivity index (χ1v) is 11.4. The molecule has 0 unspecified atom stereocenters. The summed E-state index contributed by atoms with van der Waals surface area (Å²) in [4.78, 5) is 19.8. The zero-order valence-electron chi connectivity index (χ0n) is 18.7. The maximum atomic E-state index is 13.0. The van der Waals surface area contributed by atoms with Crippen molar-refractivity contribution in [3.63, 3.8) is 0 Å². The van der Waals surface area contributed by atoms with Crippen LogP contribution in [0.2, 0.25) is 5.02 Å². The second kappa shape index (κ2) is 9.09. The van der Waals surface area contributed by atoms with Gasteiger partial charge in [-0.2, -0.15) is 0 Å². The van der Waals surface area contributed by atoms with Crippen molar-refractivity contribution in [2.45, 2.75) is 26.8 Å². The number of carbonyl (C=O) groups excluding carboxylic acids is 1. The number of benzene rings is 2. The molecule has 1 atom stereocenters. The van der Waals surface area contributed by atoms with Crippen LogP contribution in [0.25, 0.3) is 0 Å². The predicted molar refractivity (Wildman–Crippen MR) is 127 cm³/mol. The van der Waals surface area contributed by atoms with Crippen molar-refractivity contribution in [3.05, 3.63) is 59.1 Å². The molecule has 2 heterocycles. The standard InChI is InChI=1S/C25H32ClN3O2/c1-25(2,3)24(30)28-12-13-29(22-10-6-20(26)7-11-22)23(18-28)19-4-8-21(9-5-19)27-14-16-31-17-15-27/h4-11,23H,12-18H2,1-3H3/t23-/m0/s1. The van der Waals surface area contributed by atoms with Gasteiger partial charge in [-0.25, -0.2) is 0 Å². The molecule has 0 radical (unpaired) electrons. The van der Waals surface area contributed by atoms with Crippen molar-refractivity contribution >= 4 is 28.9 Å². The quantitative estimate of drug-likeness (QED) is 0.696. The summed E-state index contributed by atoms with van der Waals surface area (Å²) in [6.45, 7) is 11.6. The number of halogens is 1. The van der Waals surface area contributed by atoms with Crippen LogP contribution in [0.5, 0.6) is 0 Å². The van der Waals surface area contributed by atoms with Gasteiger partial charge in [-0.15, -0.1) is 0 Å². The number of ether oxygens (including phenoxy) is 1. The van der Waals surface area contributed by atoms with E-state index in [0.717, 1.165) is 50.1 Å². The highest BCUT2D eigenvalue weighted by atomic mass is 35.5. The van der Waals surface area contributed by atoms with Gasteiger partial charge in [0.15, 0.2) is 0 Å². The number of carbonyl (C=O) groups is 1. The minimum absolute atomic E-state index is 0.0972. The van der Waals surface area contributed by atoms with Crippen LogP contribution < -0.4 is 9.80 Å². The minimum Gasteiger partial charge on any atom is -0.378 e. The Morgan fingerprint density at radius 2 is 1.52 bits per heavy atom. The molecule has 0 aromatic heterocycles. The van der Waals surface area contributed by atoms with E-state index in [1.54, 1.807) is 0 Å². The molecular formula is C25H32ClN3O2. The maximum Gasteiger partial charge on any atom is 0.228 e. The topological polar surface area (TPSA) is 36.0 Å². The van der Waals surface area contributed by atoms with Gasteiger partial charge in [-0.3, -0.25) is 4.79 Å². The highest BCUT2D eigenvalue weighted by molar-refractivity contribution is 6.30. The monoisotopic (exact) mass is 441 g/mol. The second-order valence-electron chi connectivity index (χ2n) is 9.38. The number of hydrogen-bond acceptors (Lipinski definition) is 4. The molecule has 2 aromatic carbocycles. The van der Waals surface area contributed by atoms with Gasteiger partial charge >= 0.3 is 0 Å². The number of morpholine rings is 1. The molecule has 2 saturated heterocycles. The van der Waals surface area contributed by atoms with Gasteiger partial charge < -0.3 is 19.4 Å². The zero-order chi connectivity index (χ0) is 22.0. The highest BCUT2D eigenvalue weighted by Gasteiger charge is 2.35. The van der Waals surface area contributed by atoms with Crippen molar-refractivity contribution < 1.29 is 9.53 Å². The number of piperazine rings is 1. The van der Waals surface area contributed by atoms with Gasteiger partial charge in [0, 0.05) is 54.5 Å². The number of rotatable bonds is 3. The van der Waals surface area contributed by atoms with E-state index >= 15 is 0 Å². The van der Waals surface area contributed by atoms with Gasteiger partial charge in [-0.1, -0.05) is 44.5 Å². The molecule has 4 rings (SSSR count). The number of anilines is 2. The molecule has 2 aromatic rings. The van der Waals surface area contributed by atoms with E-state index in [2.05, 4.69) is 46.2 Å². The summed E-state index contributed by atoms with van der Waals surface area (Å²) >= 11 is 6.13. The molecule has 6 heteroatoms. The van der Waals surface area contributed by atoms with Crippen LogP contribution in [-0.4, -0.2) is 56.7 Å². The van der Waals surface area contributed by atoms with Crippen LogP contribution in [0.4, 0.5) is 11.4 Å². The van der Waals surface area contributed by atoms with Gasteiger partial charge in [0.05, 0.1) is 19.3 Å². The Morgan fingerprint density at radius 3 is 2.13 bits per heavy atom.